The van der Waals surface area contributed by atoms with E-state index in [1.807, 2.05) is 31.6 Å². The molecule has 2 aliphatic heterocycles. The van der Waals surface area contributed by atoms with Gasteiger partial charge in [-0.15, -0.1) is 0 Å². The van der Waals surface area contributed by atoms with E-state index in [0.29, 0.717) is 25.0 Å². The number of hydrogen-bond acceptors (Lipinski definition) is 4. The minimum Gasteiger partial charge on any atom is -0.337 e. The SMILES string of the molecule is Cn1ccnc1CN1CC[C@H]2[C@@H]1CCC(=O)N2Cc1ccncc1. The number of fused-ring (bicyclic) bond motifs is 1. The predicted octanol–water partition coefficient (Wildman–Crippen LogP) is 1.58. The van der Waals surface area contributed by atoms with Crippen LogP contribution >= 0.6 is 0 Å². The van der Waals surface area contributed by atoms with Crippen LogP contribution in [0.2, 0.25) is 0 Å². The molecule has 0 saturated carbocycles. The van der Waals surface area contributed by atoms with Gasteiger partial charge in [0.25, 0.3) is 0 Å². The van der Waals surface area contributed by atoms with Crippen LogP contribution in [0.15, 0.2) is 36.9 Å². The summed E-state index contributed by atoms with van der Waals surface area (Å²) in [6.45, 7) is 2.59. The molecule has 6 heteroatoms. The Kier molecular flexibility index (Phi) is 4.06. The van der Waals surface area contributed by atoms with Gasteiger partial charge in [-0.3, -0.25) is 14.7 Å². The standard InChI is InChI=1S/C18H23N5O/c1-21-11-9-20-17(21)13-22-10-6-16-15(22)2-3-18(24)23(16)12-14-4-7-19-8-5-14/h4-5,7-9,11,15-16H,2-3,6,10,12-13H2,1H3/t15-,16-/m0/s1. The molecule has 0 bridgehead atoms. The minimum absolute atomic E-state index is 0.284. The summed E-state index contributed by atoms with van der Waals surface area (Å²) in [5.74, 6) is 1.38. The Labute approximate surface area is 142 Å². The molecule has 2 aromatic rings. The molecule has 0 unspecified atom stereocenters. The van der Waals surface area contributed by atoms with Crippen LogP contribution in [0.5, 0.6) is 0 Å². The van der Waals surface area contributed by atoms with E-state index < -0.39 is 0 Å². The van der Waals surface area contributed by atoms with Crippen LogP contribution in [-0.2, 0) is 24.9 Å². The molecule has 2 aliphatic rings. The van der Waals surface area contributed by atoms with Crippen molar-refractivity contribution in [2.24, 2.45) is 7.05 Å². The molecule has 0 N–H and O–H groups in total. The number of rotatable bonds is 4. The zero-order valence-electron chi connectivity index (χ0n) is 14.0. The molecule has 4 heterocycles. The Morgan fingerprint density at radius 2 is 1.96 bits per heavy atom. The number of carbonyl (C=O) groups is 1. The minimum atomic E-state index is 0.284. The Morgan fingerprint density at radius 3 is 2.71 bits per heavy atom. The number of imidazole rings is 1. The smallest absolute Gasteiger partial charge is 0.223 e. The summed E-state index contributed by atoms with van der Waals surface area (Å²) in [6.07, 6.45) is 10.1. The number of amides is 1. The topological polar surface area (TPSA) is 54.3 Å². The van der Waals surface area contributed by atoms with Crippen LogP contribution < -0.4 is 0 Å². The van der Waals surface area contributed by atoms with Crippen molar-refractivity contribution in [1.29, 1.82) is 0 Å². The van der Waals surface area contributed by atoms with Gasteiger partial charge >= 0.3 is 0 Å². The third kappa shape index (κ3) is 2.82. The lowest BCUT2D eigenvalue weighted by molar-refractivity contribution is -0.138. The Balaban J connectivity index is 1.50. The molecular formula is C18H23N5O. The first-order valence-corrected chi connectivity index (χ1v) is 8.61. The molecule has 4 rings (SSSR count). The molecule has 1 amide bonds. The lowest BCUT2D eigenvalue weighted by atomic mass is 9.95. The summed E-state index contributed by atoms with van der Waals surface area (Å²) >= 11 is 0. The second-order valence-corrected chi connectivity index (χ2v) is 6.76. The highest BCUT2D eigenvalue weighted by molar-refractivity contribution is 5.77. The fourth-order valence-electron chi connectivity index (χ4n) is 4.06. The van der Waals surface area contributed by atoms with Gasteiger partial charge in [-0.1, -0.05) is 0 Å². The number of nitrogens with zero attached hydrogens (tertiary/aromatic N) is 5. The first kappa shape index (κ1) is 15.3. The van der Waals surface area contributed by atoms with Crippen LogP contribution in [0.3, 0.4) is 0 Å². The van der Waals surface area contributed by atoms with Gasteiger partial charge in [-0.05, 0) is 30.5 Å². The van der Waals surface area contributed by atoms with Crippen molar-refractivity contribution in [2.75, 3.05) is 6.54 Å². The summed E-state index contributed by atoms with van der Waals surface area (Å²) in [4.78, 5) is 25.6. The van der Waals surface area contributed by atoms with Crippen molar-refractivity contribution in [3.63, 3.8) is 0 Å². The van der Waals surface area contributed by atoms with Crippen LogP contribution in [-0.4, -0.2) is 48.9 Å². The number of aryl methyl sites for hydroxylation is 1. The van der Waals surface area contributed by atoms with Gasteiger partial charge in [-0.25, -0.2) is 4.98 Å². The molecule has 6 nitrogen and oxygen atoms in total. The van der Waals surface area contributed by atoms with Gasteiger partial charge in [-0.2, -0.15) is 0 Å². The summed E-state index contributed by atoms with van der Waals surface area (Å²) in [5, 5.41) is 0. The average Bonchev–Trinajstić information content (AvgIpc) is 3.19. The Hall–Kier alpha value is -2.21. The molecule has 2 aromatic heterocycles. The summed E-state index contributed by atoms with van der Waals surface area (Å²) in [7, 11) is 2.04. The maximum atomic E-state index is 12.5. The number of aromatic nitrogens is 3. The van der Waals surface area contributed by atoms with Crippen molar-refractivity contribution < 1.29 is 4.79 Å². The van der Waals surface area contributed by atoms with Crippen molar-refractivity contribution in [2.45, 2.75) is 44.4 Å². The fraction of sp³-hybridized carbons (Fsp3) is 0.500. The third-order valence-corrected chi connectivity index (χ3v) is 5.37. The molecule has 126 valence electrons. The summed E-state index contributed by atoms with van der Waals surface area (Å²) < 4.78 is 2.08. The molecule has 2 fully saturated rings. The van der Waals surface area contributed by atoms with Gasteiger partial charge in [0.1, 0.15) is 5.82 Å². The van der Waals surface area contributed by atoms with E-state index in [4.69, 9.17) is 0 Å². The highest BCUT2D eigenvalue weighted by Gasteiger charge is 2.43. The van der Waals surface area contributed by atoms with Crippen LogP contribution in [0.25, 0.3) is 0 Å². The van der Waals surface area contributed by atoms with E-state index in [1.54, 1.807) is 12.4 Å². The number of pyridine rings is 1. The molecule has 2 atom stereocenters. The van der Waals surface area contributed by atoms with Gasteiger partial charge in [0.2, 0.25) is 5.91 Å². The molecular weight excluding hydrogens is 302 g/mol. The Bertz CT molecular complexity index is 713. The van der Waals surface area contributed by atoms with Crippen LogP contribution in [0.4, 0.5) is 0 Å². The average molecular weight is 325 g/mol. The lowest BCUT2D eigenvalue weighted by Crippen LogP contribution is -2.51. The van der Waals surface area contributed by atoms with E-state index in [9.17, 15) is 4.79 Å². The summed E-state index contributed by atoms with van der Waals surface area (Å²) in [6, 6.07) is 4.76. The highest BCUT2D eigenvalue weighted by atomic mass is 16.2. The van der Waals surface area contributed by atoms with Crippen LogP contribution in [0, 0.1) is 0 Å². The highest BCUT2D eigenvalue weighted by Crippen LogP contribution is 2.33. The normalized spacial score (nSPS) is 24.4. The van der Waals surface area contributed by atoms with E-state index in [-0.39, 0.29) is 5.91 Å². The predicted molar refractivity (Wildman–Crippen MR) is 89.8 cm³/mol. The van der Waals surface area contributed by atoms with Gasteiger partial charge in [0.15, 0.2) is 0 Å². The van der Waals surface area contributed by atoms with Crippen molar-refractivity contribution in [1.82, 2.24) is 24.3 Å². The van der Waals surface area contributed by atoms with Crippen LogP contribution in [0.1, 0.15) is 30.7 Å². The van der Waals surface area contributed by atoms with E-state index >= 15 is 0 Å². The maximum absolute atomic E-state index is 12.5. The number of hydrogen-bond donors (Lipinski definition) is 0. The summed E-state index contributed by atoms with van der Waals surface area (Å²) in [5.41, 5.74) is 1.15. The number of piperidine rings is 1. The molecule has 24 heavy (non-hydrogen) atoms. The first-order valence-electron chi connectivity index (χ1n) is 8.61. The monoisotopic (exact) mass is 325 g/mol. The van der Waals surface area contributed by atoms with E-state index in [0.717, 1.165) is 37.3 Å². The second-order valence-electron chi connectivity index (χ2n) is 6.76. The van der Waals surface area contributed by atoms with E-state index in [2.05, 4.69) is 24.3 Å². The number of likely N-dealkylation sites (tertiary alicyclic amines) is 2. The molecule has 0 aromatic carbocycles. The molecule has 0 spiro atoms. The molecule has 2 saturated heterocycles. The van der Waals surface area contributed by atoms with Crippen molar-refractivity contribution in [3.8, 4) is 0 Å². The van der Waals surface area contributed by atoms with Gasteiger partial charge < -0.3 is 9.47 Å². The Morgan fingerprint density at radius 1 is 1.12 bits per heavy atom. The third-order valence-electron chi connectivity index (χ3n) is 5.37. The second kappa shape index (κ2) is 6.36. The number of carbonyl (C=O) groups excluding carboxylic acids is 1. The zero-order valence-corrected chi connectivity index (χ0v) is 14.0. The largest absolute Gasteiger partial charge is 0.337 e. The van der Waals surface area contributed by atoms with Gasteiger partial charge in [0, 0.05) is 63.4 Å². The first-order chi connectivity index (χ1) is 11.7. The zero-order chi connectivity index (χ0) is 16.5. The van der Waals surface area contributed by atoms with E-state index in [1.165, 1.54) is 0 Å². The molecule has 0 aliphatic carbocycles. The molecule has 0 radical (unpaired) electrons. The van der Waals surface area contributed by atoms with Crippen molar-refractivity contribution in [3.05, 3.63) is 48.3 Å². The van der Waals surface area contributed by atoms with Gasteiger partial charge in [0.05, 0.1) is 6.54 Å². The quantitative estimate of drug-likeness (QED) is 0.856. The van der Waals surface area contributed by atoms with Crippen molar-refractivity contribution >= 4 is 5.91 Å². The fourth-order valence-corrected chi connectivity index (χ4v) is 4.06. The maximum Gasteiger partial charge on any atom is 0.223 e. The lowest BCUT2D eigenvalue weighted by Gasteiger charge is -2.40.